The second kappa shape index (κ2) is 3.40. The highest BCUT2D eigenvalue weighted by Crippen LogP contribution is 1.97. The summed E-state index contributed by atoms with van der Waals surface area (Å²) in [7, 11) is 0. The van der Waals surface area contributed by atoms with Crippen LogP contribution in [-0.2, 0) is 11.2 Å². The standard InChI is InChI=1S/C5H7N3O2S/c6-3(5(9)10)1-4-7-2-11-8-4/h2-3H,1,6H2,(H,9,10). The minimum Gasteiger partial charge on any atom is -0.480 e. The van der Waals surface area contributed by atoms with E-state index in [1.165, 1.54) is 11.5 Å². The van der Waals surface area contributed by atoms with Gasteiger partial charge in [0.1, 0.15) is 17.4 Å². The van der Waals surface area contributed by atoms with Gasteiger partial charge in [-0.15, -0.1) is 0 Å². The van der Waals surface area contributed by atoms with Crippen molar-refractivity contribution in [2.24, 2.45) is 5.73 Å². The second-order valence-corrected chi connectivity index (χ2v) is 2.60. The molecule has 0 aliphatic heterocycles. The maximum Gasteiger partial charge on any atom is 0.320 e. The Balaban J connectivity index is 2.50. The Morgan fingerprint density at radius 3 is 3.09 bits per heavy atom. The summed E-state index contributed by atoms with van der Waals surface area (Å²) in [5.74, 6) is -0.537. The molecule has 1 aromatic rings. The van der Waals surface area contributed by atoms with Crippen molar-refractivity contribution in [2.75, 3.05) is 0 Å². The van der Waals surface area contributed by atoms with Gasteiger partial charge in [-0.2, -0.15) is 4.37 Å². The minimum atomic E-state index is -1.03. The van der Waals surface area contributed by atoms with E-state index in [1.807, 2.05) is 0 Å². The number of hydrogen-bond acceptors (Lipinski definition) is 5. The fourth-order valence-electron chi connectivity index (χ4n) is 0.566. The van der Waals surface area contributed by atoms with E-state index in [4.69, 9.17) is 10.8 Å². The number of nitrogens with two attached hydrogens (primary N) is 1. The van der Waals surface area contributed by atoms with Crippen molar-refractivity contribution < 1.29 is 9.90 Å². The molecule has 1 aromatic heterocycles. The van der Waals surface area contributed by atoms with Crippen LogP contribution in [-0.4, -0.2) is 26.5 Å². The van der Waals surface area contributed by atoms with E-state index in [0.717, 1.165) is 0 Å². The molecule has 0 saturated carbocycles. The number of carboxylic acids is 1. The predicted octanol–water partition coefficient (Wildman–Crippen LogP) is -0.508. The lowest BCUT2D eigenvalue weighted by Crippen LogP contribution is -2.32. The van der Waals surface area contributed by atoms with Crippen LogP contribution in [0.4, 0.5) is 0 Å². The number of carbonyl (C=O) groups is 1. The fraction of sp³-hybridized carbons (Fsp3) is 0.400. The molecule has 0 radical (unpaired) electrons. The van der Waals surface area contributed by atoms with Gasteiger partial charge in [0.2, 0.25) is 0 Å². The minimum absolute atomic E-state index is 0.193. The van der Waals surface area contributed by atoms with Gasteiger partial charge in [-0.3, -0.25) is 4.79 Å². The van der Waals surface area contributed by atoms with E-state index >= 15 is 0 Å². The Kier molecular flexibility index (Phi) is 2.50. The molecule has 1 unspecified atom stereocenters. The summed E-state index contributed by atoms with van der Waals surface area (Å²) >= 11 is 1.18. The highest BCUT2D eigenvalue weighted by atomic mass is 32.1. The second-order valence-electron chi connectivity index (χ2n) is 2.00. The van der Waals surface area contributed by atoms with Gasteiger partial charge in [-0.05, 0) is 11.5 Å². The van der Waals surface area contributed by atoms with Crippen molar-refractivity contribution in [2.45, 2.75) is 12.5 Å². The summed E-state index contributed by atoms with van der Waals surface area (Å²) in [5, 5.41) is 8.40. The zero-order valence-electron chi connectivity index (χ0n) is 5.60. The molecule has 0 amide bonds. The number of aromatic nitrogens is 2. The summed E-state index contributed by atoms with van der Waals surface area (Å²) in [6.45, 7) is 0. The van der Waals surface area contributed by atoms with Crippen LogP contribution < -0.4 is 5.73 Å². The van der Waals surface area contributed by atoms with Crippen molar-refractivity contribution >= 4 is 17.5 Å². The first-order valence-electron chi connectivity index (χ1n) is 2.94. The summed E-state index contributed by atoms with van der Waals surface area (Å²) < 4.78 is 3.83. The monoisotopic (exact) mass is 173 g/mol. The molecule has 5 nitrogen and oxygen atoms in total. The molecular weight excluding hydrogens is 166 g/mol. The molecular formula is C5H7N3O2S. The highest BCUT2D eigenvalue weighted by Gasteiger charge is 2.13. The van der Waals surface area contributed by atoms with Crippen LogP contribution in [0.1, 0.15) is 5.82 Å². The summed E-state index contributed by atoms with van der Waals surface area (Å²) in [4.78, 5) is 14.1. The van der Waals surface area contributed by atoms with E-state index in [-0.39, 0.29) is 6.42 Å². The van der Waals surface area contributed by atoms with Crippen LogP contribution in [0.3, 0.4) is 0 Å². The molecule has 1 rings (SSSR count). The van der Waals surface area contributed by atoms with Crippen LogP contribution >= 0.6 is 11.5 Å². The first-order valence-corrected chi connectivity index (χ1v) is 3.77. The Labute approximate surface area is 67.0 Å². The third-order valence-corrected chi connectivity index (χ3v) is 1.64. The van der Waals surface area contributed by atoms with Gasteiger partial charge in [0.15, 0.2) is 0 Å². The molecule has 60 valence electrons. The van der Waals surface area contributed by atoms with Crippen LogP contribution in [0, 0.1) is 0 Å². The van der Waals surface area contributed by atoms with Crippen molar-refractivity contribution in [1.82, 2.24) is 9.36 Å². The van der Waals surface area contributed by atoms with Crippen LogP contribution in [0.25, 0.3) is 0 Å². The number of rotatable bonds is 3. The first kappa shape index (κ1) is 8.09. The molecule has 11 heavy (non-hydrogen) atoms. The summed E-state index contributed by atoms with van der Waals surface area (Å²) in [6.07, 6.45) is 0.193. The lowest BCUT2D eigenvalue weighted by Gasteiger charge is -2.00. The molecule has 0 bridgehead atoms. The quantitative estimate of drug-likeness (QED) is 0.642. The summed E-state index contributed by atoms with van der Waals surface area (Å²) in [5.41, 5.74) is 6.78. The number of hydrogen-bond donors (Lipinski definition) is 2. The van der Waals surface area contributed by atoms with Crippen molar-refractivity contribution in [3.8, 4) is 0 Å². The first-order chi connectivity index (χ1) is 5.20. The van der Waals surface area contributed by atoms with E-state index in [0.29, 0.717) is 5.82 Å². The molecule has 0 aromatic carbocycles. The normalized spacial score (nSPS) is 12.8. The van der Waals surface area contributed by atoms with E-state index < -0.39 is 12.0 Å². The molecule has 0 saturated heterocycles. The van der Waals surface area contributed by atoms with Gasteiger partial charge < -0.3 is 10.8 Å². The molecule has 0 fully saturated rings. The van der Waals surface area contributed by atoms with E-state index in [9.17, 15) is 4.79 Å². The summed E-state index contributed by atoms with van der Waals surface area (Å²) in [6, 6.07) is -0.899. The van der Waals surface area contributed by atoms with Crippen molar-refractivity contribution in [1.29, 1.82) is 0 Å². The molecule has 1 heterocycles. The Bertz CT molecular complexity index is 236. The zero-order valence-corrected chi connectivity index (χ0v) is 6.41. The average molecular weight is 173 g/mol. The van der Waals surface area contributed by atoms with Crippen LogP contribution in [0.2, 0.25) is 0 Å². The topological polar surface area (TPSA) is 89.1 Å². The molecule has 3 N–H and O–H groups in total. The Morgan fingerprint density at radius 1 is 1.91 bits per heavy atom. The largest absolute Gasteiger partial charge is 0.480 e. The maximum absolute atomic E-state index is 10.2. The van der Waals surface area contributed by atoms with Crippen molar-refractivity contribution in [3.05, 3.63) is 11.3 Å². The van der Waals surface area contributed by atoms with Gasteiger partial charge in [0.25, 0.3) is 0 Å². The van der Waals surface area contributed by atoms with Gasteiger partial charge in [0.05, 0.1) is 0 Å². The third kappa shape index (κ3) is 2.24. The van der Waals surface area contributed by atoms with Gasteiger partial charge in [-0.25, -0.2) is 4.98 Å². The molecule has 0 aliphatic carbocycles. The van der Waals surface area contributed by atoms with Gasteiger partial charge in [-0.1, -0.05) is 0 Å². The molecule has 6 heteroatoms. The lowest BCUT2D eigenvalue weighted by molar-refractivity contribution is -0.138. The zero-order chi connectivity index (χ0) is 8.27. The maximum atomic E-state index is 10.2. The predicted molar refractivity (Wildman–Crippen MR) is 39.2 cm³/mol. The van der Waals surface area contributed by atoms with Gasteiger partial charge in [0, 0.05) is 6.42 Å². The SMILES string of the molecule is NC(Cc1ncsn1)C(=O)O. The third-order valence-electron chi connectivity index (χ3n) is 1.13. The molecule has 0 spiro atoms. The Morgan fingerprint density at radius 2 is 2.64 bits per heavy atom. The average Bonchev–Trinajstić information content (AvgIpc) is 2.39. The fourth-order valence-corrected chi connectivity index (χ4v) is 1.03. The van der Waals surface area contributed by atoms with E-state index in [2.05, 4.69) is 9.36 Å². The van der Waals surface area contributed by atoms with Crippen molar-refractivity contribution in [3.63, 3.8) is 0 Å². The molecule has 1 atom stereocenters. The lowest BCUT2D eigenvalue weighted by atomic mass is 10.2. The number of nitrogens with zero attached hydrogens (tertiary/aromatic N) is 2. The van der Waals surface area contributed by atoms with Crippen LogP contribution in [0.15, 0.2) is 5.51 Å². The van der Waals surface area contributed by atoms with Gasteiger partial charge >= 0.3 is 5.97 Å². The molecule has 0 aliphatic rings. The van der Waals surface area contributed by atoms with Crippen LogP contribution in [0.5, 0.6) is 0 Å². The number of carboxylic acid groups (broad SMARTS) is 1. The van der Waals surface area contributed by atoms with E-state index in [1.54, 1.807) is 5.51 Å². The Hall–Kier alpha value is -1.01. The highest BCUT2D eigenvalue weighted by molar-refractivity contribution is 7.03. The smallest absolute Gasteiger partial charge is 0.320 e. The number of aliphatic carboxylic acids is 1.